The van der Waals surface area contributed by atoms with E-state index in [-0.39, 0.29) is 23.7 Å². The quantitative estimate of drug-likeness (QED) is 0.862. The van der Waals surface area contributed by atoms with Crippen LogP contribution in [0.1, 0.15) is 12.8 Å². The second kappa shape index (κ2) is 3.47. The molecule has 0 saturated heterocycles. The van der Waals surface area contributed by atoms with Gasteiger partial charge in [0.15, 0.2) is 0 Å². The molecule has 2 aromatic heterocycles. The Kier molecular flexibility index (Phi) is 2.13. The number of nitrogens with one attached hydrogen (secondary N) is 1. The van der Waals surface area contributed by atoms with Gasteiger partial charge in [0, 0.05) is 12.3 Å². The molecule has 2 heterocycles. The molecule has 0 atom stereocenters. The van der Waals surface area contributed by atoms with Crippen molar-refractivity contribution in [2.45, 2.75) is 24.8 Å². The van der Waals surface area contributed by atoms with Crippen LogP contribution in [-0.2, 0) is 5.54 Å². The molecule has 1 aliphatic carbocycles. The van der Waals surface area contributed by atoms with E-state index in [0.717, 1.165) is 10.6 Å². The van der Waals surface area contributed by atoms with Gasteiger partial charge in [-0.1, -0.05) is 0 Å². The first-order valence-corrected chi connectivity index (χ1v) is 5.43. The molecule has 1 aliphatic rings. The number of fused-ring (bicyclic) bond motifs is 1. The zero-order valence-corrected chi connectivity index (χ0v) is 9.19. The van der Waals surface area contributed by atoms with Crippen LogP contribution in [0.2, 0.25) is 0 Å². The van der Waals surface area contributed by atoms with Crippen LogP contribution >= 0.6 is 0 Å². The highest BCUT2D eigenvalue weighted by molar-refractivity contribution is 5.75. The summed E-state index contributed by atoms with van der Waals surface area (Å²) in [5, 5.41) is 0.143. The lowest BCUT2D eigenvalue weighted by molar-refractivity contribution is 0.0654. The number of aromatic nitrogens is 3. The highest BCUT2D eigenvalue weighted by atomic mass is 19.3. The van der Waals surface area contributed by atoms with E-state index in [4.69, 9.17) is 0 Å². The summed E-state index contributed by atoms with van der Waals surface area (Å²) in [6, 6.07) is 1.12. The second-order valence-electron chi connectivity index (χ2n) is 4.42. The lowest BCUT2D eigenvalue weighted by Gasteiger charge is -2.17. The van der Waals surface area contributed by atoms with Crippen molar-refractivity contribution in [3.8, 4) is 0 Å². The Labute approximate surface area is 99.1 Å². The molecule has 94 valence electrons. The summed E-state index contributed by atoms with van der Waals surface area (Å²) in [4.78, 5) is 29.6. The molecule has 18 heavy (non-hydrogen) atoms. The summed E-state index contributed by atoms with van der Waals surface area (Å²) in [5.74, 6) is 0. The molecule has 2 aromatic rings. The normalized spacial score (nSPS) is 17.3. The molecule has 7 heteroatoms. The van der Waals surface area contributed by atoms with E-state index in [9.17, 15) is 18.4 Å². The predicted molar refractivity (Wildman–Crippen MR) is 59.8 cm³/mol. The minimum Gasteiger partial charge on any atom is -0.313 e. The number of rotatable bonds is 2. The predicted octanol–water partition coefficient (Wildman–Crippen LogP) is 0.839. The number of H-pyrrole nitrogens is 1. The molecule has 1 fully saturated rings. The van der Waals surface area contributed by atoms with Crippen molar-refractivity contribution < 1.29 is 8.78 Å². The lowest BCUT2D eigenvalue weighted by atomic mass is 10.2. The lowest BCUT2D eigenvalue weighted by Crippen LogP contribution is -2.35. The van der Waals surface area contributed by atoms with Gasteiger partial charge in [0.2, 0.25) is 0 Å². The van der Waals surface area contributed by atoms with Gasteiger partial charge in [-0.05, 0) is 12.8 Å². The van der Waals surface area contributed by atoms with Crippen molar-refractivity contribution in [2.24, 2.45) is 0 Å². The van der Waals surface area contributed by atoms with E-state index in [0.29, 0.717) is 0 Å². The first kappa shape index (κ1) is 11.1. The molecular weight excluding hydrogens is 244 g/mol. The van der Waals surface area contributed by atoms with Crippen LogP contribution in [0.15, 0.2) is 28.2 Å². The zero-order chi connectivity index (χ0) is 12.9. The average Bonchev–Trinajstić information content (AvgIpc) is 3.10. The van der Waals surface area contributed by atoms with Gasteiger partial charge in [-0.3, -0.25) is 9.59 Å². The first-order chi connectivity index (χ1) is 8.54. The van der Waals surface area contributed by atoms with Crippen molar-refractivity contribution in [3.63, 3.8) is 0 Å². The maximum Gasteiger partial charge on any atom is 0.261 e. The molecule has 1 saturated carbocycles. The molecule has 0 aliphatic heterocycles. The van der Waals surface area contributed by atoms with Crippen LogP contribution in [0.25, 0.3) is 10.9 Å². The monoisotopic (exact) mass is 253 g/mol. The Morgan fingerprint density at radius 1 is 1.39 bits per heavy atom. The molecule has 0 amide bonds. The van der Waals surface area contributed by atoms with E-state index in [1.54, 1.807) is 0 Å². The fourth-order valence-corrected chi connectivity index (χ4v) is 2.08. The van der Waals surface area contributed by atoms with Gasteiger partial charge in [0.05, 0.1) is 17.2 Å². The highest BCUT2D eigenvalue weighted by Gasteiger charge is 2.53. The van der Waals surface area contributed by atoms with Crippen LogP contribution < -0.4 is 11.1 Å². The van der Waals surface area contributed by atoms with Crippen LogP contribution in [0.5, 0.6) is 0 Å². The third kappa shape index (κ3) is 1.40. The number of nitrogens with zero attached hydrogens (tertiary/aromatic N) is 2. The number of pyridine rings is 1. The molecule has 0 spiro atoms. The van der Waals surface area contributed by atoms with Crippen molar-refractivity contribution in [2.75, 3.05) is 0 Å². The maximum atomic E-state index is 13.0. The van der Waals surface area contributed by atoms with Crippen molar-refractivity contribution in [3.05, 3.63) is 39.3 Å². The molecular formula is C11H9F2N3O2. The van der Waals surface area contributed by atoms with E-state index < -0.39 is 23.1 Å². The Balaban J connectivity index is 2.32. The molecule has 0 radical (unpaired) electrons. The van der Waals surface area contributed by atoms with Gasteiger partial charge < -0.3 is 9.55 Å². The van der Waals surface area contributed by atoms with Crippen molar-refractivity contribution in [1.29, 1.82) is 0 Å². The standard InChI is InChI=1S/C11H9F2N3O2/c12-10(13)11(1-2-11)16-4-6-7(3-8(16)17)14-5-15-9(6)18/h3-5,10H,1-2H2,(H,14,15,18). The van der Waals surface area contributed by atoms with Crippen LogP contribution in [0.4, 0.5) is 8.78 Å². The Hall–Kier alpha value is -2.05. The summed E-state index contributed by atoms with van der Waals surface area (Å²) in [5.41, 5.74) is -2.23. The smallest absolute Gasteiger partial charge is 0.261 e. The Morgan fingerprint density at radius 2 is 2.11 bits per heavy atom. The number of hydrogen-bond donors (Lipinski definition) is 1. The topological polar surface area (TPSA) is 67.8 Å². The number of aromatic amines is 1. The van der Waals surface area contributed by atoms with E-state index in [1.807, 2.05) is 0 Å². The number of hydrogen-bond acceptors (Lipinski definition) is 3. The number of alkyl halides is 2. The molecule has 0 bridgehead atoms. The van der Waals surface area contributed by atoms with Gasteiger partial charge >= 0.3 is 0 Å². The maximum absolute atomic E-state index is 13.0. The van der Waals surface area contributed by atoms with Gasteiger partial charge in [0.1, 0.15) is 5.54 Å². The third-order valence-electron chi connectivity index (χ3n) is 3.32. The summed E-state index contributed by atoms with van der Waals surface area (Å²) in [7, 11) is 0. The van der Waals surface area contributed by atoms with Crippen molar-refractivity contribution in [1.82, 2.24) is 14.5 Å². The van der Waals surface area contributed by atoms with E-state index in [2.05, 4.69) is 9.97 Å². The van der Waals surface area contributed by atoms with Gasteiger partial charge in [-0.2, -0.15) is 0 Å². The zero-order valence-electron chi connectivity index (χ0n) is 9.19. The minimum atomic E-state index is -2.62. The SMILES string of the molecule is O=c1[nH]cnc2cc(=O)n(C3(C(F)F)CC3)cc12. The summed E-state index contributed by atoms with van der Waals surface area (Å²) in [6.07, 6.45) is 0.225. The first-order valence-electron chi connectivity index (χ1n) is 5.43. The van der Waals surface area contributed by atoms with Crippen LogP contribution in [0.3, 0.4) is 0 Å². The fraction of sp³-hybridized carbons (Fsp3) is 0.364. The van der Waals surface area contributed by atoms with Gasteiger partial charge in [0.25, 0.3) is 17.5 Å². The second-order valence-corrected chi connectivity index (χ2v) is 4.42. The Morgan fingerprint density at radius 3 is 2.72 bits per heavy atom. The molecule has 5 nitrogen and oxygen atoms in total. The van der Waals surface area contributed by atoms with Crippen LogP contribution in [0, 0.1) is 0 Å². The minimum absolute atomic E-state index is 0.143. The molecule has 0 unspecified atom stereocenters. The summed E-state index contributed by atoms with van der Waals surface area (Å²) >= 11 is 0. The number of halogens is 2. The highest BCUT2D eigenvalue weighted by Crippen LogP contribution is 2.47. The van der Waals surface area contributed by atoms with Crippen LogP contribution in [-0.4, -0.2) is 21.0 Å². The molecule has 3 rings (SSSR count). The molecule has 0 aromatic carbocycles. The van der Waals surface area contributed by atoms with Gasteiger partial charge in [-0.25, -0.2) is 13.8 Å². The molecule has 1 N–H and O–H groups in total. The van der Waals surface area contributed by atoms with Crippen molar-refractivity contribution >= 4 is 10.9 Å². The van der Waals surface area contributed by atoms with Gasteiger partial charge in [-0.15, -0.1) is 0 Å². The summed E-state index contributed by atoms with van der Waals surface area (Å²) in [6.45, 7) is 0. The third-order valence-corrected chi connectivity index (χ3v) is 3.32. The Bertz CT molecular complexity index is 731. The van der Waals surface area contributed by atoms with E-state index >= 15 is 0 Å². The average molecular weight is 253 g/mol. The van der Waals surface area contributed by atoms with E-state index in [1.165, 1.54) is 12.5 Å². The summed E-state index contributed by atoms with van der Waals surface area (Å²) < 4.78 is 26.9. The fourth-order valence-electron chi connectivity index (χ4n) is 2.08. The largest absolute Gasteiger partial charge is 0.313 e.